The largest absolute Gasteiger partial charge is 0.138 e. The number of hydrogen-bond donors (Lipinski definition) is 0. The minimum atomic E-state index is 1.26. The number of fused-ring (bicyclic) bond motifs is 6. The summed E-state index contributed by atoms with van der Waals surface area (Å²) in [6.07, 6.45) is 19.1. The van der Waals surface area contributed by atoms with Gasteiger partial charge in [-0.05, 0) is 49.9 Å². The quantitative estimate of drug-likeness (QED) is 0.101. The summed E-state index contributed by atoms with van der Waals surface area (Å²) >= 11 is 12.2. The highest BCUT2D eigenvalue weighted by atomic mass is 32.1. The third-order valence-corrected chi connectivity index (χ3v) is 15.4. The van der Waals surface area contributed by atoms with Crippen LogP contribution in [0.2, 0.25) is 0 Å². The van der Waals surface area contributed by atoms with Crippen LogP contribution in [0.4, 0.5) is 0 Å². The molecule has 0 bridgehead atoms. The third kappa shape index (κ3) is 5.96. The van der Waals surface area contributed by atoms with Crippen LogP contribution >= 0.6 is 68.0 Å². The Hall–Kier alpha value is -0.760. The normalized spacial score (nSPS) is 12.4. The van der Waals surface area contributed by atoms with Crippen molar-refractivity contribution in [2.75, 3.05) is 0 Å². The van der Waals surface area contributed by atoms with Gasteiger partial charge in [0.1, 0.15) is 0 Å². The van der Waals surface area contributed by atoms with Gasteiger partial charge in [0.05, 0.1) is 18.8 Å². The minimum absolute atomic E-state index is 1.26. The minimum Gasteiger partial charge on any atom is -0.138 e. The molecule has 0 unspecified atom stereocenters. The fourth-order valence-corrected chi connectivity index (χ4v) is 13.7. The van der Waals surface area contributed by atoms with Crippen molar-refractivity contribution >= 4 is 106 Å². The van der Waals surface area contributed by atoms with Gasteiger partial charge in [0.2, 0.25) is 0 Å². The Bertz CT molecular complexity index is 1490. The Labute approximate surface area is 251 Å². The van der Waals surface area contributed by atoms with Crippen molar-refractivity contribution in [3.63, 3.8) is 0 Å². The second kappa shape index (κ2) is 12.8. The van der Waals surface area contributed by atoms with Gasteiger partial charge >= 0.3 is 0 Å². The van der Waals surface area contributed by atoms with E-state index in [9.17, 15) is 0 Å². The highest BCUT2D eigenvalue weighted by Crippen LogP contribution is 2.50. The van der Waals surface area contributed by atoms with Gasteiger partial charge in [-0.25, -0.2) is 0 Å². The summed E-state index contributed by atoms with van der Waals surface area (Å²) in [4.78, 5) is 6.10. The van der Waals surface area contributed by atoms with Crippen molar-refractivity contribution < 1.29 is 0 Å². The average molecular weight is 615 g/mol. The number of rotatable bonds is 15. The molecule has 0 radical (unpaired) electrons. The Morgan fingerprint density at radius 2 is 0.763 bits per heavy atom. The monoisotopic (exact) mass is 614 g/mol. The zero-order valence-electron chi connectivity index (χ0n) is 22.7. The van der Waals surface area contributed by atoms with E-state index in [0.29, 0.717) is 0 Å². The molecule has 6 aromatic heterocycles. The van der Waals surface area contributed by atoms with Crippen LogP contribution in [0.5, 0.6) is 0 Å². The number of thiophene rings is 6. The Balaban J connectivity index is 1.14. The van der Waals surface area contributed by atoms with E-state index in [4.69, 9.17) is 0 Å². The van der Waals surface area contributed by atoms with Crippen LogP contribution < -0.4 is 0 Å². The van der Waals surface area contributed by atoms with Crippen LogP contribution in [0.25, 0.3) is 47.4 Å². The lowest BCUT2D eigenvalue weighted by molar-refractivity contribution is 0.609. The van der Waals surface area contributed by atoms with Gasteiger partial charge in [-0.1, -0.05) is 78.1 Å². The van der Waals surface area contributed by atoms with Crippen molar-refractivity contribution in [1.82, 2.24) is 0 Å². The number of unbranched alkanes of at least 4 members (excludes halogenated alkanes) is 10. The van der Waals surface area contributed by atoms with Gasteiger partial charge in [-0.2, -0.15) is 0 Å². The predicted molar refractivity (Wildman–Crippen MR) is 183 cm³/mol. The summed E-state index contributed by atoms with van der Waals surface area (Å²) in [5.41, 5.74) is 0. The molecule has 0 aromatic carbocycles. The van der Waals surface area contributed by atoms with Gasteiger partial charge in [0, 0.05) is 38.3 Å². The van der Waals surface area contributed by atoms with E-state index >= 15 is 0 Å². The molecule has 0 nitrogen and oxygen atoms in total. The molecular weight excluding hydrogens is 577 g/mol. The molecule has 0 spiro atoms. The zero-order valence-corrected chi connectivity index (χ0v) is 27.6. The molecule has 0 saturated heterocycles. The summed E-state index contributed by atoms with van der Waals surface area (Å²) in [6.45, 7) is 4.60. The van der Waals surface area contributed by atoms with E-state index in [2.05, 4.69) is 60.8 Å². The molecule has 0 amide bonds. The highest BCUT2D eigenvalue weighted by molar-refractivity contribution is 7.42. The molecule has 0 fully saturated rings. The lowest BCUT2D eigenvalue weighted by Gasteiger charge is -1.99. The molecule has 0 saturated carbocycles. The summed E-state index contributed by atoms with van der Waals surface area (Å²) in [7, 11) is 0. The smallest absolute Gasteiger partial charge is 0.0636 e. The van der Waals surface area contributed by atoms with E-state index in [-0.39, 0.29) is 0 Å². The summed E-state index contributed by atoms with van der Waals surface area (Å²) in [6, 6.07) is 9.91. The van der Waals surface area contributed by atoms with Gasteiger partial charge in [0.25, 0.3) is 0 Å². The van der Waals surface area contributed by atoms with Crippen LogP contribution in [-0.2, 0) is 12.8 Å². The van der Waals surface area contributed by atoms with Gasteiger partial charge in [0.15, 0.2) is 0 Å². The van der Waals surface area contributed by atoms with Crippen molar-refractivity contribution in [3.05, 3.63) is 34.0 Å². The topological polar surface area (TPSA) is 0 Å². The third-order valence-electron chi connectivity index (χ3n) is 7.54. The van der Waals surface area contributed by atoms with Crippen LogP contribution in [0, 0.1) is 0 Å². The van der Waals surface area contributed by atoms with Crippen LogP contribution in [0.1, 0.15) is 101 Å². The molecular formula is C32H38S6. The van der Waals surface area contributed by atoms with E-state index in [1.807, 2.05) is 45.3 Å². The van der Waals surface area contributed by atoms with Crippen molar-refractivity contribution in [1.29, 1.82) is 0 Å². The summed E-state index contributed by atoms with van der Waals surface area (Å²) in [5, 5.41) is 0. The molecule has 0 atom stereocenters. The lowest BCUT2D eigenvalue weighted by atomic mass is 10.1. The molecule has 0 aliphatic heterocycles. The first-order valence-electron chi connectivity index (χ1n) is 14.6. The van der Waals surface area contributed by atoms with Gasteiger partial charge in [-0.3, -0.25) is 0 Å². The van der Waals surface area contributed by atoms with Gasteiger partial charge < -0.3 is 0 Å². The van der Waals surface area contributed by atoms with Crippen molar-refractivity contribution in [2.45, 2.75) is 104 Å². The maximum atomic E-state index is 2.49. The predicted octanol–water partition coefficient (Wildman–Crippen LogP) is 14.1. The maximum absolute atomic E-state index is 2.49. The van der Waals surface area contributed by atoms with Crippen LogP contribution in [-0.4, -0.2) is 0 Å². The van der Waals surface area contributed by atoms with Gasteiger partial charge in [-0.15, -0.1) is 68.0 Å². The maximum Gasteiger partial charge on any atom is 0.0636 e. The lowest BCUT2D eigenvalue weighted by Crippen LogP contribution is -1.82. The Morgan fingerprint density at radius 3 is 1.21 bits per heavy atom. The summed E-state index contributed by atoms with van der Waals surface area (Å²) < 4.78 is 12.1. The molecule has 0 aliphatic carbocycles. The molecule has 6 heterocycles. The molecule has 0 N–H and O–H groups in total. The first kappa shape index (κ1) is 27.4. The summed E-state index contributed by atoms with van der Waals surface area (Å²) in [5.74, 6) is 0. The number of hydrogen-bond acceptors (Lipinski definition) is 6. The highest BCUT2D eigenvalue weighted by Gasteiger charge is 2.18. The zero-order chi connectivity index (χ0) is 25.9. The number of aryl methyl sites for hydroxylation is 2. The molecule has 6 rings (SSSR count). The van der Waals surface area contributed by atoms with Crippen molar-refractivity contribution in [2.24, 2.45) is 0 Å². The second-order valence-electron chi connectivity index (χ2n) is 10.7. The first-order valence-corrected chi connectivity index (χ1v) is 19.5. The van der Waals surface area contributed by atoms with Crippen molar-refractivity contribution in [3.8, 4) is 9.75 Å². The van der Waals surface area contributed by atoms with Crippen LogP contribution in [0.15, 0.2) is 24.3 Å². The molecule has 0 aliphatic rings. The second-order valence-corrected chi connectivity index (χ2v) is 17.2. The van der Waals surface area contributed by atoms with Crippen LogP contribution in [0.3, 0.4) is 0 Å². The molecule has 6 aromatic rings. The van der Waals surface area contributed by atoms with E-state index in [1.54, 1.807) is 19.2 Å². The SMILES string of the molecule is CCCCCCCCc1cc2sc3cc(-c4cc5sc6cc(CCCCCCCC)sc6c5s4)sc3c2s1. The average Bonchev–Trinajstić information content (AvgIpc) is 3.72. The molecule has 202 valence electrons. The fourth-order valence-electron chi connectivity index (χ4n) is 5.42. The molecule has 38 heavy (non-hydrogen) atoms. The van der Waals surface area contributed by atoms with E-state index in [1.165, 1.54) is 128 Å². The Morgan fingerprint density at radius 1 is 0.395 bits per heavy atom. The van der Waals surface area contributed by atoms with E-state index in [0.717, 1.165) is 0 Å². The Kier molecular flexibility index (Phi) is 9.25. The fraction of sp³-hybridized carbons (Fsp3) is 0.500. The van der Waals surface area contributed by atoms with E-state index < -0.39 is 0 Å². The molecule has 6 heteroatoms. The first-order chi connectivity index (χ1) is 18.7. The standard InChI is InChI=1S/C32H38S6/c1-3-5-7-9-11-13-15-21-17-25-29(33-21)31-27(35-25)19-23(37-31)24-20-28-32(38-24)30-26(36-28)18-22(34-30)16-14-12-10-8-6-4-2/h17-20H,3-16H2,1-2H3.